The van der Waals surface area contributed by atoms with Gasteiger partial charge in [0.1, 0.15) is 5.82 Å². The minimum absolute atomic E-state index is 0.321. The van der Waals surface area contributed by atoms with E-state index in [-0.39, 0.29) is 11.7 Å². The summed E-state index contributed by atoms with van der Waals surface area (Å²) in [5, 5.41) is 3.85. The predicted octanol–water partition coefficient (Wildman–Crippen LogP) is 4.65. The summed E-state index contributed by atoms with van der Waals surface area (Å²) >= 11 is 7.43. The molecular formula is C15H10ClFN2OS. The first-order valence-electron chi connectivity index (χ1n) is 6.17. The molecule has 0 aliphatic rings. The van der Waals surface area contributed by atoms with Crippen molar-refractivity contribution < 1.29 is 9.18 Å². The van der Waals surface area contributed by atoms with E-state index in [4.69, 9.17) is 11.6 Å². The van der Waals surface area contributed by atoms with Crippen LogP contribution in [0.5, 0.6) is 0 Å². The van der Waals surface area contributed by atoms with Gasteiger partial charge in [-0.05, 0) is 48.9 Å². The van der Waals surface area contributed by atoms with E-state index in [1.165, 1.54) is 35.6 Å². The molecule has 0 aliphatic heterocycles. The Morgan fingerprint density at radius 2 is 1.95 bits per heavy atom. The molecule has 0 aliphatic carbocycles. The number of hydrogen-bond donors (Lipinski definition) is 1. The first-order valence-corrected chi connectivity index (χ1v) is 7.36. The van der Waals surface area contributed by atoms with Crippen LogP contribution in [0.15, 0.2) is 36.4 Å². The van der Waals surface area contributed by atoms with Crippen molar-refractivity contribution in [2.45, 2.75) is 6.92 Å². The molecule has 1 N–H and O–H groups in total. The van der Waals surface area contributed by atoms with Crippen LogP contribution >= 0.6 is 22.9 Å². The molecule has 0 spiro atoms. The van der Waals surface area contributed by atoms with E-state index >= 15 is 0 Å². The van der Waals surface area contributed by atoms with Gasteiger partial charge in [0.15, 0.2) is 5.13 Å². The molecular weight excluding hydrogens is 311 g/mol. The van der Waals surface area contributed by atoms with E-state index in [0.717, 1.165) is 15.8 Å². The summed E-state index contributed by atoms with van der Waals surface area (Å²) in [6, 6.07) is 9.04. The third-order valence-electron chi connectivity index (χ3n) is 3.07. The van der Waals surface area contributed by atoms with E-state index in [0.29, 0.717) is 15.7 Å². The van der Waals surface area contributed by atoms with Gasteiger partial charge in [0.2, 0.25) is 0 Å². The van der Waals surface area contributed by atoms with Gasteiger partial charge in [-0.15, -0.1) is 0 Å². The van der Waals surface area contributed by atoms with E-state index in [2.05, 4.69) is 10.3 Å². The third kappa shape index (κ3) is 2.75. The van der Waals surface area contributed by atoms with Gasteiger partial charge in [0.25, 0.3) is 5.91 Å². The van der Waals surface area contributed by atoms with Crippen LogP contribution in [-0.2, 0) is 0 Å². The highest BCUT2D eigenvalue weighted by Crippen LogP contribution is 2.31. The number of nitrogens with one attached hydrogen (secondary N) is 1. The molecule has 0 radical (unpaired) electrons. The summed E-state index contributed by atoms with van der Waals surface area (Å²) in [6.07, 6.45) is 0. The fourth-order valence-electron chi connectivity index (χ4n) is 1.92. The molecule has 0 unspecified atom stereocenters. The second-order valence-electron chi connectivity index (χ2n) is 4.50. The average Bonchev–Trinajstić information content (AvgIpc) is 2.87. The molecule has 3 nitrogen and oxygen atoms in total. The fraction of sp³-hybridized carbons (Fsp3) is 0.0667. The van der Waals surface area contributed by atoms with E-state index < -0.39 is 0 Å². The number of carbonyl (C=O) groups excluding carboxylic acids is 1. The lowest BCUT2D eigenvalue weighted by Crippen LogP contribution is -2.11. The molecule has 2 aromatic carbocycles. The maximum atomic E-state index is 12.8. The number of amides is 1. The Labute approximate surface area is 129 Å². The van der Waals surface area contributed by atoms with E-state index in [9.17, 15) is 9.18 Å². The largest absolute Gasteiger partial charge is 0.298 e. The van der Waals surface area contributed by atoms with Crippen LogP contribution in [0.2, 0.25) is 5.02 Å². The SMILES string of the molecule is Cc1c(Cl)ccc2sc(NC(=O)c3ccc(F)cc3)nc12. The number of anilines is 1. The van der Waals surface area contributed by atoms with Crippen LogP contribution in [0.3, 0.4) is 0 Å². The topological polar surface area (TPSA) is 42.0 Å². The van der Waals surface area contributed by atoms with Crippen molar-refractivity contribution in [1.29, 1.82) is 0 Å². The standard InChI is InChI=1S/C15H10ClFN2OS/c1-8-11(16)6-7-12-13(8)18-15(21-12)19-14(20)9-2-4-10(17)5-3-9/h2-7H,1H3,(H,18,19,20). The summed E-state index contributed by atoms with van der Waals surface area (Å²) < 4.78 is 13.8. The molecule has 0 bridgehead atoms. The lowest BCUT2D eigenvalue weighted by molar-refractivity contribution is 0.102. The number of aromatic nitrogens is 1. The number of aryl methyl sites for hydroxylation is 1. The zero-order chi connectivity index (χ0) is 15.0. The van der Waals surface area contributed by atoms with Crippen LogP contribution in [0.1, 0.15) is 15.9 Å². The maximum absolute atomic E-state index is 12.8. The van der Waals surface area contributed by atoms with Gasteiger partial charge in [-0.25, -0.2) is 9.37 Å². The van der Waals surface area contributed by atoms with Gasteiger partial charge in [-0.3, -0.25) is 10.1 Å². The van der Waals surface area contributed by atoms with Crippen molar-refractivity contribution in [2.24, 2.45) is 0 Å². The predicted molar refractivity (Wildman–Crippen MR) is 83.7 cm³/mol. The Kier molecular flexibility index (Phi) is 3.61. The van der Waals surface area contributed by atoms with Gasteiger partial charge < -0.3 is 0 Å². The summed E-state index contributed by atoms with van der Waals surface area (Å²) in [5.41, 5.74) is 2.04. The lowest BCUT2D eigenvalue weighted by atomic mass is 10.2. The Hall–Kier alpha value is -1.98. The van der Waals surface area contributed by atoms with Crippen LogP contribution in [0, 0.1) is 12.7 Å². The van der Waals surface area contributed by atoms with Crippen molar-refractivity contribution in [2.75, 3.05) is 5.32 Å². The number of fused-ring (bicyclic) bond motifs is 1. The highest BCUT2D eigenvalue weighted by molar-refractivity contribution is 7.22. The summed E-state index contributed by atoms with van der Waals surface area (Å²) in [6.45, 7) is 1.88. The Bertz CT molecular complexity index is 830. The van der Waals surface area contributed by atoms with Gasteiger partial charge >= 0.3 is 0 Å². The highest BCUT2D eigenvalue weighted by atomic mass is 35.5. The van der Waals surface area contributed by atoms with Crippen molar-refractivity contribution in [3.8, 4) is 0 Å². The van der Waals surface area contributed by atoms with Crippen molar-refractivity contribution >= 4 is 44.2 Å². The first kappa shape index (κ1) is 14.0. The van der Waals surface area contributed by atoms with Crippen LogP contribution in [-0.4, -0.2) is 10.9 Å². The molecule has 0 saturated heterocycles. The lowest BCUT2D eigenvalue weighted by Gasteiger charge is -2.00. The number of benzene rings is 2. The fourth-order valence-corrected chi connectivity index (χ4v) is 3.00. The Morgan fingerprint density at radius 3 is 2.67 bits per heavy atom. The van der Waals surface area contributed by atoms with E-state index in [1.54, 1.807) is 0 Å². The number of carbonyl (C=O) groups is 1. The number of halogens is 2. The van der Waals surface area contributed by atoms with Gasteiger partial charge in [-0.1, -0.05) is 22.9 Å². The molecule has 0 saturated carbocycles. The number of rotatable bonds is 2. The quantitative estimate of drug-likeness (QED) is 0.746. The van der Waals surface area contributed by atoms with Crippen LogP contribution in [0.4, 0.5) is 9.52 Å². The third-order valence-corrected chi connectivity index (χ3v) is 4.42. The molecule has 106 valence electrons. The zero-order valence-electron chi connectivity index (χ0n) is 11.0. The normalized spacial score (nSPS) is 10.8. The maximum Gasteiger partial charge on any atom is 0.257 e. The molecule has 1 aromatic heterocycles. The molecule has 1 amide bonds. The number of thiazole rings is 1. The Balaban J connectivity index is 1.89. The van der Waals surface area contributed by atoms with Crippen LogP contribution < -0.4 is 5.32 Å². The second-order valence-corrected chi connectivity index (χ2v) is 5.94. The average molecular weight is 321 g/mol. The van der Waals surface area contributed by atoms with Crippen molar-refractivity contribution in [3.63, 3.8) is 0 Å². The number of nitrogens with zero attached hydrogens (tertiary/aromatic N) is 1. The minimum atomic E-state index is -0.378. The molecule has 0 atom stereocenters. The first-order chi connectivity index (χ1) is 10.0. The molecule has 6 heteroatoms. The zero-order valence-corrected chi connectivity index (χ0v) is 12.6. The Morgan fingerprint density at radius 1 is 1.24 bits per heavy atom. The molecule has 21 heavy (non-hydrogen) atoms. The summed E-state index contributed by atoms with van der Waals surface area (Å²) in [5.74, 6) is -0.699. The highest BCUT2D eigenvalue weighted by Gasteiger charge is 2.12. The second kappa shape index (κ2) is 5.42. The van der Waals surface area contributed by atoms with Crippen molar-refractivity contribution in [3.05, 3.63) is 58.4 Å². The molecule has 0 fully saturated rings. The minimum Gasteiger partial charge on any atom is -0.298 e. The molecule has 3 aromatic rings. The van der Waals surface area contributed by atoms with E-state index in [1.807, 2.05) is 19.1 Å². The van der Waals surface area contributed by atoms with Gasteiger partial charge in [0.05, 0.1) is 10.2 Å². The molecule has 3 rings (SSSR count). The van der Waals surface area contributed by atoms with Gasteiger partial charge in [0, 0.05) is 10.6 Å². The molecule has 1 heterocycles. The van der Waals surface area contributed by atoms with Gasteiger partial charge in [-0.2, -0.15) is 0 Å². The summed E-state index contributed by atoms with van der Waals surface area (Å²) in [7, 11) is 0. The monoisotopic (exact) mass is 320 g/mol. The van der Waals surface area contributed by atoms with Crippen LogP contribution in [0.25, 0.3) is 10.2 Å². The smallest absolute Gasteiger partial charge is 0.257 e. The van der Waals surface area contributed by atoms with Crippen molar-refractivity contribution in [1.82, 2.24) is 4.98 Å². The number of hydrogen-bond acceptors (Lipinski definition) is 3. The summed E-state index contributed by atoms with van der Waals surface area (Å²) in [4.78, 5) is 16.4.